The first-order chi connectivity index (χ1) is 13.6. The highest BCUT2D eigenvalue weighted by atomic mass is 16.5. The van der Waals surface area contributed by atoms with E-state index in [1.165, 1.54) is 0 Å². The molecular weight excluding hydrogens is 352 g/mol. The van der Waals surface area contributed by atoms with Crippen LogP contribution >= 0.6 is 0 Å². The van der Waals surface area contributed by atoms with E-state index in [4.69, 9.17) is 14.5 Å². The highest BCUT2D eigenvalue weighted by molar-refractivity contribution is 5.86. The topological polar surface area (TPSA) is 54.8 Å². The van der Waals surface area contributed by atoms with Crippen molar-refractivity contribution in [1.82, 2.24) is 9.88 Å². The summed E-state index contributed by atoms with van der Waals surface area (Å²) in [4.78, 5) is 7.34. The average molecular weight is 378 g/mol. The van der Waals surface area contributed by atoms with E-state index < -0.39 is 0 Å². The van der Waals surface area contributed by atoms with Crippen LogP contribution in [-0.4, -0.2) is 48.4 Å². The van der Waals surface area contributed by atoms with Gasteiger partial charge in [0.05, 0.1) is 31.5 Å². The Morgan fingerprint density at radius 3 is 2.64 bits per heavy atom. The van der Waals surface area contributed by atoms with Crippen molar-refractivity contribution in [3.05, 3.63) is 53.6 Å². The number of pyridine rings is 1. The summed E-state index contributed by atoms with van der Waals surface area (Å²) in [5.74, 6) is 1.39. The van der Waals surface area contributed by atoms with Crippen LogP contribution in [0.3, 0.4) is 0 Å². The largest absolute Gasteiger partial charge is 0.493 e. The number of methoxy groups -OCH3 is 2. The number of hydrogen-bond acceptors (Lipinski definition) is 5. The van der Waals surface area contributed by atoms with E-state index in [0.717, 1.165) is 52.8 Å². The predicted molar refractivity (Wildman–Crippen MR) is 111 cm³/mol. The standard InChI is InChI=1S/C23H26N2O3/c1-15-5-4-6-16-11-18(13-25-10-9-19(26)14-25)23(24-22(15)16)17-7-8-20(27-2)21(12-17)28-3/h4-8,11-12,19,26H,9-10,13-14H2,1-3H3. The number of aryl methyl sites for hydroxylation is 1. The van der Waals surface area contributed by atoms with Crippen LogP contribution in [0, 0.1) is 6.92 Å². The third-order valence-corrected chi connectivity index (χ3v) is 5.42. The van der Waals surface area contributed by atoms with Crippen molar-refractivity contribution in [3.8, 4) is 22.8 Å². The molecule has 4 rings (SSSR count). The molecular formula is C23H26N2O3. The van der Waals surface area contributed by atoms with Crippen molar-refractivity contribution in [2.45, 2.75) is 26.0 Å². The second kappa shape index (κ2) is 7.78. The Bertz CT molecular complexity index is 1000. The maximum absolute atomic E-state index is 9.91. The van der Waals surface area contributed by atoms with E-state index >= 15 is 0 Å². The van der Waals surface area contributed by atoms with Crippen LogP contribution in [0.5, 0.6) is 11.5 Å². The fraction of sp³-hybridized carbons (Fsp3) is 0.348. The summed E-state index contributed by atoms with van der Waals surface area (Å²) in [6.07, 6.45) is 0.589. The number of ether oxygens (including phenoxy) is 2. The Balaban J connectivity index is 1.84. The molecule has 0 saturated carbocycles. The van der Waals surface area contributed by atoms with Gasteiger partial charge >= 0.3 is 0 Å². The summed E-state index contributed by atoms with van der Waals surface area (Å²) in [6, 6.07) is 14.4. The van der Waals surface area contributed by atoms with E-state index in [9.17, 15) is 5.11 Å². The minimum Gasteiger partial charge on any atom is -0.493 e. The Morgan fingerprint density at radius 2 is 1.93 bits per heavy atom. The Morgan fingerprint density at radius 1 is 1.11 bits per heavy atom. The van der Waals surface area contributed by atoms with Gasteiger partial charge in [0.15, 0.2) is 11.5 Å². The molecule has 2 aromatic carbocycles. The molecule has 28 heavy (non-hydrogen) atoms. The lowest BCUT2D eigenvalue weighted by Gasteiger charge is -2.19. The van der Waals surface area contributed by atoms with E-state index in [1.807, 2.05) is 18.2 Å². The molecule has 1 unspecified atom stereocenters. The summed E-state index contributed by atoms with van der Waals surface area (Å²) in [7, 11) is 3.28. The van der Waals surface area contributed by atoms with Crippen molar-refractivity contribution in [1.29, 1.82) is 0 Å². The molecule has 1 aromatic heterocycles. The summed E-state index contributed by atoms with van der Waals surface area (Å²) in [5.41, 5.74) is 5.26. The maximum atomic E-state index is 9.91. The van der Waals surface area contributed by atoms with Gasteiger partial charge in [-0.15, -0.1) is 0 Å². The van der Waals surface area contributed by atoms with Crippen molar-refractivity contribution in [2.24, 2.45) is 0 Å². The summed E-state index contributed by atoms with van der Waals surface area (Å²) >= 11 is 0. The van der Waals surface area contributed by atoms with Crippen LogP contribution in [-0.2, 0) is 6.54 Å². The molecule has 146 valence electrons. The molecule has 0 radical (unpaired) electrons. The van der Waals surface area contributed by atoms with Gasteiger partial charge in [0, 0.05) is 30.6 Å². The average Bonchev–Trinajstić information content (AvgIpc) is 3.12. The molecule has 1 aliphatic rings. The minimum atomic E-state index is -0.236. The number of hydrogen-bond donors (Lipinski definition) is 1. The molecule has 0 bridgehead atoms. The molecule has 5 heteroatoms. The quantitative estimate of drug-likeness (QED) is 0.732. The number of fused-ring (bicyclic) bond motifs is 1. The molecule has 1 saturated heterocycles. The fourth-order valence-corrected chi connectivity index (χ4v) is 3.94. The summed E-state index contributed by atoms with van der Waals surface area (Å²) in [6.45, 7) is 4.46. The molecule has 0 aliphatic carbocycles. The molecule has 3 aromatic rings. The Kier molecular flexibility index (Phi) is 5.20. The van der Waals surface area contributed by atoms with Crippen molar-refractivity contribution >= 4 is 10.9 Å². The van der Waals surface area contributed by atoms with Crippen LogP contribution in [0.25, 0.3) is 22.2 Å². The molecule has 1 atom stereocenters. The lowest BCUT2D eigenvalue weighted by atomic mass is 10.0. The van der Waals surface area contributed by atoms with E-state index in [2.05, 4.69) is 36.1 Å². The zero-order valence-electron chi connectivity index (χ0n) is 16.6. The number of rotatable bonds is 5. The summed E-state index contributed by atoms with van der Waals surface area (Å²) in [5, 5.41) is 11.0. The van der Waals surface area contributed by atoms with Crippen molar-refractivity contribution in [3.63, 3.8) is 0 Å². The van der Waals surface area contributed by atoms with Gasteiger partial charge in [-0.05, 0) is 48.7 Å². The second-order valence-corrected chi connectivity index (χ2v) is 7.39. The number of nitrogens with zero attached hydrogens (tertiary/aromatic N) is 2. The number of aromatic nitrogens is 1. The Hall–Kier alpha value is -2.63. The summed E-state index contributed by atoms with van der Waals surface area (Å²) < 4.78 is 10.9. The number of benzene rings is 2. The third kappa shape index (κ3) is 3.55. The SMILES string of the molecule is COc1ccc(-c2nc3c(C)cccc3cc2CN2CCC(O)C2)cc1OC. The number of β-amino-alcohol motifs (C(OH)–C–C–N with tert-alkyl or cyclic N) is 1. The first-order valence-electron chi connectivity index (χ1n) is 9.61. The van der Waals surface area contributed by atoms with E-state index in [1.54, 1.807) is 14.2 Å². The van der Waals surface area contributed by atoms with Gasteiger partial charge in [-0.3, -0.25) is 4.90 Å². The van der Waals surface area contributed by atoms with Crippen LogP contribution in [0.15, 0.2) is 42.5 Å². The predicted octanol–water partition coefficient (Wildman–Crippen LogP) is 3.79. The van der Waals surface area contributed by atoms with Crippen LogP contribution in [0.2, 0.25) is 0 Å². The molecule has 1 N–H and O–H groups in total. The van der Waals surface area contributed by atoms with Gasteiger partial charge in [-0.2, -0.15) is 0 Å². The number of likely N-dealkylation sites (tertiary alicyclic amines) is 1. The number of aliphatic hydroxyl groups excluding tert-OH is 1. The normalized spacial score (nSPS) is 17.2. The molecule has 1 fully saturated rings. The highest BCUT2D eigenvalue weighted by Gasteiger charge is 2.22. The zero-order valence-corrected chi connectivity index (χ0v) is 16.6. The molecule has 0 spiro atoms. The monoisotopic (exact) mass is 378 g/mol. The van der Waals surface area contributed by atoms with Crippen LogP contribution in [0.4, 0.5) is 0 Å². The molecule has 5 nitrogen and oxygen atoms in total. The van der Waals surface area contributed by atoms with Gasteiger partial charge in [-0.1, -0.05) is 18.2 Å². The smallest absolute Gasteiger partial charge is 0.161 e. The molecule has 0 amide bonds. The maximum Gasteiger partial charge on any atom is 0.161 e. The van der Waals surface area contributed by atoms with E-state index in [-0.39, 0.29) is 6.10 Å². The van der Waals surface area contributed by atoms with E-state index in [0.29, 0.717) is 18.0 Å². The third-order valence-electron chi connectivity index (χ3n) is 5.42. The first-order valence-corrected chi connectivity index (χ1v) is 9.61. The van der Waals surface area contributed by atoms with Gasteiger partial charge in [0.25, 0.3) is 0 Å². The minimum absolute atomic E-state index is 0.236. The fourth-order valence-electron chi connectivity index (χ4n) is 3.94. The Labute approximate surface area is 165 Å². The molecule has 2 heterocycles. The van der Waals surface area contributed by atoms with Crippen LogP contribution < -0.4 is 9.47 Å². The lowest BCUT2D eigenvalue weighted by Crippen LogP contribution is -2.22. The van der Waals surface area contributed by atoms with Crippen LogP contribution in [0.1, 0.15) is 17.5 Å². The first kappa shape index (κ1) is 18.7. The van der Waals surface area contributed by atoms with Gasteiger partial charge in [-0.25, -0.2) is 4.98 Å². The molecule has 1 aliphatic heterocycles. The number of aliphatic hydroxyl groups is 1. The second-order valence-electron chi connectivity index (χ2n) is 7.39. The van der Waals surface area contributed by atoms with Gasteiger partial charge in [0.1, 0.15) is 0 Å². The highest BCUT2D eigenvalue weighted by Crippen LogP contribution is 2.35. The number of para-hydroxylation sites is 1. The lowest BCUT2D eigenvalue weighted by molar-refractivity contribution is 0.175. The van der Waals surface area contributed by atoms with Crippen molar-refractivity contribution < 1.29 is 14.6 Å². The van der Waals surface area contributed by atoms with Gasteiger partial charge < -0.3 is 14.6 Å². The van der Waals surface area contributed by atoms with Gasteiger partial charge in [0.2, 0.25) is 0 Å². The zero-order chi connectivity index (χ0) is 19.7. The van der Waals surface area contributed by atoms with Crippen molar-refractivity contribution in [2.75, 3.05) is 27.3 Å².